The van der Waals surface area contributed by atoms with Crippen LogP contribution in [-0.4, -0.2) is 32.3 Å². The fraction of sp³-hybridized carbons (Fsp3) is 0.231. The Hall–Kier alpha value is -3.22. The second-order valence-electron chi connectivity index (χ2n) is 8.67. The van der Waals surface area contributed by atoms with E-state index in [4.69, 9.17) is 0 Å². The highest BCUT2D eigenvalue weighted by Gasteiger charge is 2.13. The number of pyridine rings is 1. The van der Waals surface area contributed by atoms with Crippen LogP contribution < -0.4 is 5.56 Å². The molecule has 1 saturated heterocycles. The van der Waals surface area contributed by atoms with Gasteiger partial charge in [0.2, 0.25) is 0 Å². The van der Waals surface area contributed by atoms with Gasteiger partial charge in [-0.05, 0) is 90.4 Å². The molecule has 2 aromatic carbocycles. The summed E-state index contributed by atoms with van der Waals surface area (Å²) in [6.45, 7) is 3.37. The van der Waals surface area contributed by atoms with Gasteiger partial charge in [-0.15, -0.1) is 0 Å². The SMILES string of the molecule is O=c1[nH]c2ccc(-c3cnsc3)cc2cc1-c1cc2cc(CN3CCCCC3)ccc2[nH]1. The molecule has 0 amide bonds. The van der Waals surface area contributed by atoms with Gasteiger partial charge < -0.3 is 9.97 Å². The summed E-state index contributed by atoms with van der Waals surface area (Å²) in [5.74, 6) is 0. The van der Waals surface area contributed by atoms with Gasteiger partial charge in [-0.2, -0.15) is 0 Å². The van der Waals surface area contributed by atoms with Gasteiger partial charge in [0.25, 0.3) is 5.56 Å². The fourth-order valence-electron chi connectivity index (χ4n) is 4.73. The van der Waals surface area contributed by atoms with Gasteiger partial charge in [-0.25, -0.2) is 4.37 Å². The molecular weight excluding hydrogens is 416 g/mol. The Morgan fingerprint density at radius 3 is 2.53 bits per heavy atom. The number of likely N-dealkylation sites (tertiary alicyclic amines) is 1. The Balaban J connectivity index is 1.37. The molecule has 0 saturated carbocycles. The molecule has 2 N–H and O–H groups in total. The molecule has 0 atom stereocenters. The molecule has 1 aliphatic heterocycles. The summed E-state index contributed by atoms with van der Waals surface area (Å²) in [5, 5.41) is 4.19. The molecule has 0 spiro atoms. The molecule has 160 valence electrons. The first kappa shape index (κ1) is 19.5. The van der Waals surface area contributed by atoms with Gasteiger partial charge in [0.05, 0.1) is 11.3 Å². The van der Waals surface area contributed by atoms with Gasteiger partial charge in [0.15, 0.2) is 0 Å². The number of rotatable bonds is 4. The van der Waals surface area contributed by atoms with E-state index in [2.05, 4.69) is 49.6 Å². The lowest BCUT2D eigenvalue weighted by atomic mass is 10.0. The van der Waals surface area contributed by atoms with Crippen LogP contribution >= 0.6 is 11.5 Å². The quantitative estimate of drug-likeness (QED) is 0.372. The average molecular weight is 441 g/mol. The first-order valence-electron chi connectivity index (χ1n) is 11.1. The van der Waals surface area contributed by atoms with Crippen molar-refractivity contribution in [2.24, 2.45) is 0 Å². The number of nitrogens with one attached hydrogen (secondary N) is 2. The van der Waals surface area contributed by atoms with E-state index < -0.39 is 0 Å². The number of piperidine rings is 1. The first-order chi connectivity index (χ1) is 15.7. The van der Waals surface area contributed by atoms with Gasteiger partial charge >= 0.3 is 0 Å². The van der Waals surface area contributed by atoms with E-state index >= 15 is 0 Å². The van der Waals surface area contributed by atoms with Gasteiger partial charge in [-0.3, -0.25) is 9.69 Å². The summed E-state index contributed by atoms with van der Waals surface area (Å²) in [6.07, 6.45) is 5.82. The molecule has 4 heterocycles. The van der Waals surface area contributed by atoms with Crippen LogP contribution in [0.3, 0.4) is 0 Å². The zero-order chi connectivity index (χ0) is 21.5. The standard InChI is InChI=1S/C26H24N4OS/c31-26-22(12-20-11-18(5-7-24(20)29-26)21-14-27-32-16-21)25-13-19-10-17(4-6-23(19)28-25)15-30-8-2-1-3-9-30/h4-7,10-14,16,28H,1-3,8-9,15H2,(H,29,31). The van der Waals surface area contributed by atoms with Crippen LogP contribution in [0.4, 0.5) is 0 Å². The number of hydrogen-bond acceptors (Lipinski definition) is 4. The Labute approximate surface area is 189 Å². The number of benzene rings is 2. The predicted octanol–water partition coefficient (Wildman–Crippen LogP) is 5.79. The van der Waals surface area contributed by atoms with Crippen molar-refractivity contribution < 1.29 is 0 Å². The van der Waals surface area contributed by atoms with Crippen LogP contribution in [0.2, 0.25) is 0 Å². The van der Waals surface area contributed by atoms with Crippen molar-refractivity contribution >= 4 is 33.3 Å². The highest BCUT2D eigenvalue weighted by atomic mass is 32.1. The normalized spacial score (nSPS) is 15.0. The molecule has 3 aromatic heterocycles. The number of H-pyrrole nitrogens is 2. The number of aromatic nitrogens is 3. The molecule has 32 heavy (non-hydrogen) atoms. The van der Waals surface area contributed by atoms with Crippen molar-refractivity contribution in [2.75, 3.05) is 13.1 Å². The van der Waals surface area contributed by atoms with Crippen LogP contribution in [0.1, 0.15) is 24.8 Å². The van der Waals surface area contributed by atoms with Crippen LogP contribution in [0.5, 0.6) is 0 Å². The Morgan fingerprint density at radius 1 is 0.875 bits per heavy atom. The molecule has 6 rings (SSSR count). The topological polar surface area (TPSA) is 64.8 Å². The molecule has 1 aliphatic rings. The van der Waals surface area contributed by atoms with Gasteiger partial charge in [0, 0.05) is 40.1 Å². The van der Waals surface area contributed by atoms with Crippen molar-refractivity contribution in [1.82, 2.24) is 19.2 Å². The van der Waals surface area contributed by atoms with E-state index in [1.54, 1.807) is 0 Å². The molecule has 1 fully saturated rings. The average Bonchev–Trinajstić information content (AvgIpc) is 3.49. The third-order valence-corrected chi connectivity index (χ3v) is 7.03. The van der Waals surface area contributed by atoms with Gasteiger partial charge in [-0.1, -0.05) is 18.6 Å². The van der Waals surface area contributed by atoms with Gasteiger partial charge in [0.1, 0.15) is 0 Å². The van der Waals surface area contributed by atoms with Crippen LogP contribution in [-0.2, 0) is 6.54 Å². The van der Waals surface area contributed by atoms with E-state index in [9.17, 15) is 4.79 Å². The van der Waals surface area contributed by atoms with E-state index in [0.717, 1.165) is 45.2 Å². The molecule has 0 unspecified atom stereocenters. The summed E-state index contributed by atoms with van der Waals surface area (Å²) >= 11 is 1.44. The van der Waals surface area contributed by atoms with E-state index in [1.165, 1.54) is 49.4 Å². The molecular formula is C26H24N4OS. The highest BCUT2D eigenvalue weighted by molar-refractivity contribution is 7.03. The van der Waals surface area contributed by atoms with Crippen LogP contribution in [0.25, 0.3) is 44.2 Å². The summed E-state index contributed by atoms with van der Waals surface area (Å²) in [5.41, 5.74) is 6.84. The van der Waals surface area contributed by atoms with Crippen molar-refractivity contribution in [3.63, 3.8) is 0 Å². The number of aromatic amines is 2. The lowest BCUT2D eigenvalue weighted by Crippen LogP contribution is -2.28. The Bertz CT molecular complexity index is 1460. The monoisotopic (exact) mass is 440 g/mol. The maximum atomic E-state index is 12.9. The minimum absolute atomic E-state index is 0.0810. The summed E-state index contributed by atoms with van der Waals surface area (Å²) in [4.78, 5) is 21.9. The van der Waals surface area contributed by atoms with E-state index in [-0.39, 0.29) is 5.56 Å². The largest absolute Gasteiger partial charge is 0.354 e. The molecule has 0 bridgehead atoms. The fourth-order valence-corrected chi connectivity index (χ4v) is 5.28. The lowest BCUT2D eigenvalue weighted by molar-refractivity contribution is 0.221. The van der Waals surface area contributed by atoms with E-state index in [0.29, 0.717) is 5.56 Å². The molecule has 6 heteroatoms. The Morgan fingerprint density at radius 2 is 1.69 bits per heavy atom. The predicted molar refractivity (Wildman–Crippen MR) is 132 cm³/mol. The number of nitrogens with zero attached hydrogens (tertiary/aromatic N) is 2. The molecule has 5 nitrogen and oxygen atoms in total. The number of fused-ring (bicyclic) bond motifs is 2. The van der Waals surface area contributed by atoms with Crippen molar-refractivity contribution in [3.05, 3.63) is 76.0 Å². The third-order valence-electron chi connectivity index (χ3n) is 6.44. The maximum Gasteiger partial charge on any atom is 0.257 e. The van der Waals surface area contributed by atoms with Crippen molar-refractivity contribution in [2.45, 2.75) is 25.8 Å². The van der Waals surface area contributed by atoms with Crippen molar-refractivity contribution in [1.29, 1.82) is 0 Å². The molecule has 0 radical (unpaired) electrons. The van der Waals surface area contributed by atoms with Crippen LogP contribution in [0, 0.1) is 0 Å². The maximum absolute atomic E-state index is 12.9. The molecule has 5 aromatic rings. The smallest absolute Gasteiger partial charge is 0.257 e. The second kappa shape index (κ2) is 8.04. The highest BCUT2D eigenvalue weighted by Crippen LogP contribution is 2.28. The van der Waals surface area contributed by atoms with Crippen LogP contribution in [0.15, 0.2) is 64.9 Å². The second-order valence-corrected chi connectivity index (χ2v) is 9.33. The van der Waals surface area contributed by atoms with Crippen molar-refractivity contribution in [3.8, 4) is 22.4 Å². The molecule has 0 aliphatic carbocycles. The lowest BCUT2D eigenvalue weighted by Gasteiger charge is -2.26. The number of hydrogen-bond donors (Lipinski definition) is 2. The minimum atomic E-state index is -0.0810. The summed E-state index contributed by atoms with van der Waals surface area (Å²) < 4.78 is 4.20. The minimum Gasteiger partial charge on any atom is -0.354 e. The zero-order valence-corrected chi connectivity index (χ0v) is 18.5. The third kappa shape index (κ3) is 3.66. The zero-order valence-electron chi connectivity index (χ0n) is 17.7. The Kier molecular flexibility index (Phi) is 4.89. The summed E-state index contributed by atoms with van der Waals surface area (Å²) in [6, 6.07) is 16.8. The summed E-state index contributed by atoms with van der Waals surface area (Å²) in [7, 11) is 0. The first-order valence-corrected chi connectivity index (χ1v) is 12.0. The van der Waals surface area contributed by atoms with E-state index in [1.807, 2.05) is 29.8 Å².